The minimum atomic E-state index is 0.300. The third kappa shape index (κ3) is 3.37. The van der Waals surface area contributed by atoms with Crippen LogP contribution in [0.15, 0.2) is 49.3 Å². The van der Waals surface area contributed by atoms with Crippen LogP contribution in [0.5, 0.6) is 0 Å². The predicted octanol–water partition coefficient (Wildman–Crippen LogP) is 3.52. The van der Waals surface area contributed by atoms with Gasteiger partial charge in [0.1, 0.15) is 5.82 Å². The maximum atomic E-state index is 4.94. The van der Waals surface area contributed by atoms with Gasteiger partial charge in [0.25, 0.3) is 0 Å². The number of hydrogen-bond donors (Lipinski definition) is 0. The Kier molecular flexibility index (Phi) is 4.75. The molecule has 0 spiro atoms. The van der Waals surface area contributed by atoms with Gasteiger partial charge in [-0.1, -0.05) is 19.9 Å². The van der Waals surface area contributed by atoms with E-state index >= 15 is 0 Å². The Bertz CT molecular complexity index is 858. The first kappa shape index (κ1) is 16.8. The Hall–Kier alpha value is -2.60. The van der Waals surface area contributed by atoms with Crippen molar-refractivity contribution in [3.8, 4) is 5.82 Å². The van der Waals surface area contributed by atoms with Crippen LogP contribution in [0.1, 0.15) is 55.7 Å². The van der Waals surface area contributed by atoms with E-state index < -0.39 is 0 Å². The number of nitrogens with zero attached hydrogens (tertiary/aromatic N) is 6. The lowest BCUT2D eigenvalue weighted by Crippen LogP contribution is -2.24. The summed E-state index contributed by atoms with van der Waals surface area (Å²) in [4.78, 5) is 20.6. The molecule has 0 N–H and O–H groups in total. The van der Waals surface area contributed by atoms with E-state index in [0.717, 1.165) is 36.8 Å². The van der Waals surface area contributed by atoms with Crippen LogP contribution in [-0.4, -0.2) is 35.9 Å². The Morgan fingerprint density at radius 3 is 2.88 bits per heavy atom. The maximum Gasteiger partial charge on any atom is 0.156 e. The summed E-state index contributed by atoms with van der Waals surface area (Å²) < 4.78 is 2.04. The van der Waals surface area contributed by atoms with Crippen molar-refractivity contribution in [3.63, 3.8) is 0 Å². The van der Waals surface area contributed by atoms with Gasteiger partial charge < -0.3 is 0 Å². The average Bonchev–Trinajstić information content (AvgIpc) is 3.32. The lowest BCUT2D eigenvalue weighted by atomic mass is 10.1. The molecule has 1 saturated heterocycles. The summed E-state index contributed by atoms with van der Waals surface area (Å²) in [6, 6.07) is 4.42. The quantitative estimate of drug-likeness (QED) is 0.706. The molecule has 3 aromatic rings. The van der Waals surface area contributed by atoms with Gasteiger partial charge in [-0.25, -0.2) is 9.97 Å². The molecule has 6 nitrogen and oxygen atoms in total. The van der Waals surface area contributed by atoms with Crippen LogP contribution in [-0.2, 0) is 6.54 Å². The van der Waals surface area contributed by atoms with E-state index in [9.17, 15) is 0 Å². The van der Waals surface area contributed by atoms with Crippen molar-refractivity contribution >= 4 is 0 Å². The van der Waals surface area contributed by atoms with Crippen molar-refractivity contribution in [2.75, 3.05) is 6.54 Å². The molecule has 4 rings (SSSR count). The standard InChI is InChI=1S/C20H24N6/c1-15(2)20-23-8-10-26(20)19-13-22-12-17(24-19)18-6-4-9-25(18)14-16-5-3-7-21-11-16/h3,5,7-8,10-13,15,18H,4,6,9,14H2,1-2H3/t18-/m0/s1. The summed E-state index contributed by atoms with van der Waals surface area (Å²) in [7, 11) is 0. The Morgan fingerprint density at radius 1 is 1.15 bits per heavy atom. The summed E-state index contributed by atoms with van der Waals surface area (Å²) in [5, 5.41) is 0. The number of pyridine rings is 1. The largest absolute Gasteiger partial charge is 0.290 e. The topological polar surface area (TPSA) is 59.7 Å². The van der Waals surface area contributed by atoms with Crippen LogP contribution in [0, 0.1) is 0 Å². The fraction of sp³-hybridized carbons (Fsp3) is 0.400. The van der Waals surface area contributed by atoms with Crippen LogP contribution in [0.4, 0.5) is 0 Å². The summed E-state index contributed by atoms with van der Waals surface area (Å²) in [6.07, 6.45) is 13.6. The highest BCUT2D eigenvalue weighted by molar-refractivity contribution is 5.25. The normalized spacial score (nSPS) is 17.9. The third-order valence-electron chi connectivity index (χ3n) is 4.89. The number of imidazole rings is 1. The fourth-order valence-corrected chi connectivity index (χ4v) is 3.66. The molecule has 1 fully saturated rings. The van der Waals surface area contributed by atoms with Gasteiger partial charge in [-0.2, -0.15) is 0 Å². The fourth-order valence-electron chi connectivity index (χ4n) is 3.66. The second-order valence-corrected chi connectivity index (χ2v) is 7.10. The van der Waals surface area contributed by atoms with Gasteiger partial charge in [0, 0.05) is 37.3 Å². The third-order valence-corrected chi connectivity index (χ3v) is 4.89. The molecule has 0 bridgehead atoms. The smallest absolute Gasteiger partial charge is 0.156 e. The Labute approximate surface area is 154 Å². The van der Waals surface area contributed by atoms with E-state index in [4.69, 9.17) is 4.98 Å². The molecule has 6 heteroatoms. The zero-order valence-electron chi connectivity index (χ0n) is 15.3. The zero-order valence-corrected chi connectivity index (χ0v) is 15.3. The second-order valence-electron chi connectivity index (χ2n) is 7.10. The number of aromatic nitrogens is 5. The SMILES string of the molecule is CC(C)c1nccn1-c1cncc([C@@H]2CCCN2Cc2cccnc2)n1. The van der Waals surface area contributed by atoms with Gasteiger partial charge in [0.2, 0.25) is 0 Å². The zero-order chi connectivity index (χ0) is 17.9. The van der Waals surface area contributed by atoms with Crippen LogP contribution in [0.2, 0.25) is 0 Å². The molecular weight excluding hydrogens is 324 g/mol. The van der Waals surface area contributed by atoms with Crippen LogP contribution in [0.3, 0.4) is 0 Å². The highest BCUT2D eigenvalue weighted by Gasteiger charge is 2.27. The number of hydrogen-bond acceptors (Lipinski definition) is 5. The van der Waals surface area contributed by atoms with Crippen molar-refractivity contribution < 1.29 is 0 Å². The van der Waals surface area contributed by atoms with Gasteiger partial charge in [0.15, 0.2) is 5.82 Å². The summed E-state index contributed by atoms with van der Waals surface area (Å²) in [6.45, 7) is 6.26. The number of likely N-dealkylation sites (tertiary alicyclic amines) is 1. The van der Waals surface area contributed by atoms with E-state index in [0.29, 0.717) is 12.0 Å². The van der Waals surface area contributed by atoms with Crippen LogP contribution in [0.25, 0.3) is 5.82 Å². The Balaban J connectivity index is 1.60. The van der Waals surface area contributed by atoms with E-state index in [1.54, 1.807) is 0 Å². The van der Waals surface area contributed by atoms with Crippen molar-refractivity contribution in [2.24, 2.45) is 0 Å². The molecule has 0 unspecified atom stereocenters. The lowest BCUT2D eigenvalue weighted by Gasteiger charge is -2.24. The highest BCUT2D eigenvalue weighted by atomic mass is 15.2. The van der Waals surface area contributed by atoms with E-state index in [1.165, 1.54) is 12.0 Å². The molecule has 1 aliphatic rings. The number of rotatable bonds is 5. The monoisotopic (exact) mass is 348 g/mol. The van der Waals surface area contributed by atoms with Crippen molar-refractivity contribution in [1.82, 2.24) is 29.4 Å². The van der Waals surface area contributed by atoms with E-state index in [2.05, 4.69) is 39.8 Å². The van der Waals surface area contributed by atoms with Gasteiger partial charge in [-0.15, -0.1) is 0 Å². The maximum absolute atomic E-state index is 4.94. The molecular formula is C20H24N6. The van der Waals surface area contributed by atoms with Gasteiger partial charge >= 0.3 is 0 Å². The average molecular weight is 348 g/mol. The molecule has 26 heavy (non-hydrogen) atoms. The molecule has 4 heterocycles. The molecule has 134 valence electrons. The molecule has 0 saturated carbocycles. The minimum Gasteiger partial charge on any atom is -0.290 e. The molecule has 0 radical (unpaired) electrons. The van der Waals surface area contributed by atoms with E-state index in [-0.39, 0.29) is 0 Å². The first-order valence-electron chi connectivity index (χ1n) is 9.21. The van der Waals surface area contributed by atoms with Gasteiger partial charge in [-0.3, -0.25) is 19.4 Å². The van der Waals surface area contributed by atoms with Gasteiger partial charge in [-0.05, 0) is 31.0 Å². The summed E-state index contributed by atoms with van der Waals surface area (Å²) in [5.74, 6) is 2.19. The van der Waals surface area contributed by atoms with Gasteiger partial charge in [0.05, 0.1) is 24.1 Å². The van der Waals surface area contributed by atoms with Crippen LogP contribution >= 0.6 is 0 Å². The lowest BCUT2D eigenvalue weighted by molar-refractivity contribution is 0.243. The minimum absolute atomic E-state index is 0.300. The van der Waals surface area contributed by atoms with Crippen molar-refractivity contribution in [1.29, 1.82) is 0 Å². The molecule has 1 atom stereocenters. The molecule has 0 amide bonds. The second kappa shape index (κ2) is 7.33. The Morgan fingerprint density at radius 2 is 2.08 bits per heavy atom. The highest BCUT2D eigenvalue weighted by Crippen LogP contribution is 2.32. The summed E-state index contributed by atoms with van der Waals surface area (Å²) in [5.41, 5.74) is 2.27. The molecule has 1 aliphatic heterocycles. The van der Waals surface area contributed by atoms with Crippen LogP contribution < -0.4 is 0 Å². The summed E-state index contributed by atoms with van der Waals surface area (Å²) >= 11 is 0. The molecule has 0 aliphatic carbocycles. The van der Waals surface area contributed by atoms with Crippen molar-refractivity contribution in [2.45, 2.75) is 45.2 Å². The van der Waals surface area contributed by atoms with Crippen molar-refractivity contribution in [3.05, 3.63) is 66.4 Å². The van der Waals surface area contributed by atoms with E-state index in [1.807, 2.05) is 47.8 Å². The first-order chi connectivity index (χ1) is 12.7. The molecule has 0 aromatic carbocycles. The molecule has 3 aromatic heterocycles. The first-order valence-corrected chi connectivity index (χ1v) is 9.21. The predicted molar refractivity (Wildman–Crippen MR) is 99.9 cm³/mol.